The van der Waals surface area contributed by atoms with Crippen LogP contribution < -0.4 is 0 Å². The highest BCUT2D eigenvalue weighted by atomic mass is 35.5. The lowest BCUT2D eigenvalue weighted by Gasteiger charge is -2.07. The van der Waals surface area contributed by atoms with Gasteiger partial charge in [0.2, 0.25) is 0 Å². The number of halogens is 1. The first-order valence-electron chi connectivity index (χ1n) is 7.75. The number of aromatic nitrogens is 2. The van der Waals surface area contributed by atoms with Crippen LogP contribution >= 0.6 is 11.6 Å². The number of benzene rings is 2. The number of hydrogen-bond donors (Lipinski definition) is 2. The molecule has 1 aromatic heterocycles. The predicted octanol–water partition coefficient (Wildman–Crippen LogP) is 2.25. The molecule has 0 radical (unpaired) electrons. The minimum absolute atomic E-state index is 0.160. The Morgan fingerprint density at radius 3 is 2.68 bits per heavy atom. The number of para-hydroxylation sites is 1. The lowest BCUT2D eigenvalue weighted by Crippen LogP contribution is -2.22. The number of rotatable bonds is 6. The second kappa shape index (κ2) is 7.65. The van der Waals surface area contributed by atoms with Gasteiger partial charge in [-0.1, -0.05) is 48.0 Å². The minimum Gasteiger partial charge on any atom is -0.458 e. The number of carbonyl (C=O) groups excluding carboxylic acids is 1. The summed E-state index contributed by atoms with van der Waals surface area (Å²) in [6.07, 6.45) is -1.11. The van der Waals surface area contributed by atoms with Crippen LogP contribution in [0.5, 0.6) is 0 Å². The molecule has 0 aliphatic carbocycles. The molecule has 25 heavy (non-hydrogen) atoms. The maximum Gasteiger partial charge on any atom is 0.359 e. The summed E-state index contributed by atoms with van der Waals surface area (Å²) in [5, 5.41) is 23.8. The molecule has 7 heteroatoms. The van der Waals surface area contributed by atoms with E-state index in [9.17, 15) is 9.90 Å². The van der Waals surface area contributed by atoms with Crippen LogP contribution in [0.3, 0.4) is 0 Å². The Hall–Kier alpha value is -2.41. The third-order valence-corrected chi connectivity index (χ3v) is 4.12. The molecule has 1 heterocycles. The van der Waals surface area contributed by atoms with Gasteiger partial charge in [-0.05, 0) is 17.7 Å². The average Bonchev–Trinajstić information content (AvgIpc) is 3.00. The molecule has 2 aromatic carbocycles. The summed E-state index contributed by atoms with van der Waals surface area (Å²) in [7, 11) is 0. The molecule has 3 rings (SSSR count). The van der Waals surface area contributed by atoms with Crippen LogP contribution in [0.4, 0.5) is 0 Å². The largest absolute Gasteiger partial charge is 0.458 e. The van der Waals surface area contributed by atoms with Gasteiger partial charge in [-0.2, -0.15) is 5.10 Å². The standard InChI is InChI=1S/C18H17ClN2O4/c19-15-7-3-1-5-12(15)9-21-16-8-4-2-6-14(16)17(20-21)18(24)25-11-13(23)10-22/h1-8,13,22-23H,9-11H2/t13-/m0/s1. The van der Waals surface area contributed by atoms with Gasteiger partial charge in [0, 0.05) is 10.4 Å². The van der Waals surface area contributed by atoms with E-state index in [0.29, 0.717) is 17.0 Å². The first-order valence-corrected chi connectivity index (χ1v) is 8.13. The molecule has 0 bridgehead atoms. The average molecular weight is 361 g/mol. The first-order chi connectivity index (χ1) is 12.1. The molecule has 3 aromatic rings. The van der Waals surface area contributed by atoms with Crippen molar-refractivity contribution in [1.82, 2.24) is 9.78 Å². The number of ether oxygens (including phenoxy) is 1. The second-order valence-electron chi connectivity index (χ2n) is 5.55. The zero-order chi connectivity index (χ0) is 17.8. The summed E-state index contributed by atoms with van der Waals surface area (Å²) in [5.41, 5.74) is 1.82. The van der Waals surface area contributed by atoms with Gasteiger partial charge in [-0.3, -0.25) is 4.68 Å². The number of hydrogen-bond acceptors (Lipinski definition) is 5. The van der Waals surface area contributed by atoms with Gasteiger partial charge in [0.15, 0.2) is 5.69 Å². The zero-order valence-corrected chi connectivity index (χ0v) is 14.1. The van der Waals surface area contributed by atoms with E-state index < -0.39 is 18.7 Å². The topological polar surface area (TPSA) is 84.6 Å². The Kier molecular flexibility index (Phi) is 5.33. The van der Waals surface area contributed by atoms with Gasteiger partial charge in [-0.25, -0.2) is 4.79 Å². The Morgan fingerprint density at radius 1 is 1.20 bits per heavy atom. The van der Waals surface area contributed by atoms with Crippen molar-refractivity contribution < 1.29 is 19.7 Å². The van der Waals surface area contributed by atoms with Gasteiger partial charge in [0.25, 0.3) is 0 Å². The molecule has 0 unspecified atom stereocenters. The van der Waals surface area contributed by atoms with Crippen molar-refractivity contribution in [3.63, 3.8) is 0 Å². The smallest absolute Gasteiger partial charge is 0.359 e. The summed E-state index contributed by atoms with van der Waals surface area (Å²) in [5.74, 6) is -0.651. The third-order valence-electron chi connectivity index (χ3n) is 3.75. The fourth-order valence-corrected chi connectivity index (χ4v) is 2.68. The van der Waals surface area contributed by atoms with Crippen molar-refractivity contribution in [3.8, 4) is 0 Å². The molecule has 1 atom stereocenters. The Balaban J connectivity index is 1.93. The van der Waals surface area contributed by atoms with Crippen LogP contribution in [0.1, 0.15) is 16.1 Å². The van der Waals surface area contributed by atoms with Gasteiger partial charge in [0.05, 0.1) is 18.7 Å². The maximum atomic E-state index is 12.3. The van der Waals surface area contributed by atoms with E-state index in [1.165, 1.54) is 0 Å². The van der Waals surface area contributed by atoms with Crippen molar-refractivity contribution in [2.45, 2.75) is 12.6 Å². The molecular formula is C18H17ClN2O4. The normalized spacial score (nSPS) is 12.3. The van der Waals surface area contributed by atoms with Gasteiger partial charge in [0.1, 0.15) is 12.7 Å². The molecule has 0 aliphatic heterocycles. The quantitative estimate of drug-likeness (QED) is 0.659. The number of esters is 1. The zero-order valence-electron chi connectivity index (χ0n) is 13.3. The van der Waals surface area contributed by atoms with Crippen LogP contribution in [0.2, 0.25) is 5.02 Å². The number of aliphatic hydroxyl groups is 2. The number of aliphatic hydroxyl groups excluding tert-OH is 2. The van der Waals surface area contributed by atoms with Crippen molar-refractivity contribution in [2.75, 3.05) is 13.2 Å². The highest BCUT2D eigenvalue weighted by molar-refractivity contribution is 6.31. The molecule has 130 valence electrons. The first kappa shape index (κ1) is 17.4. The van der Waals surface area contributed by atoms with Gasteiger partial charge >= 0.3 is 5.97 Å². The number of fused-ring (bicyclic) bond motifs is 1. The Bertz CT molecular complexity index is 894. The van der Waals surface area contributed by atoms with Crippen LogP contribution in [0.15, 0.2) is 48.5 Å². The fourth-order valence-electron chi connectivity index (χ4n) is 2.48. The number of carbonyl (C=O) groups is 1. The molecule has 0 saturated carbocycles. The Morgan fingerprint density at radius 2 is 1.92 bits per heavy atom. The summed E-state index contributed by atoms with van der Waals surface area (Å²) >= 11 is 6.21. The molecule has 6 nitrogen and oxygen atoms in total. The van der Waals surface area contributed by atoms with E-state index in [4.69, 9.17) is 21.4 Å². The summed E-state index contributed by atoms with van der Waals surface area (Å²) in [4.78, 5) is 12.3. The molecular weight excluding hydrogens is 344 g/mol. The molecule has 0 spiro atoms. The highest BCUT2D eigenvalue weighted by Gasteiger charge is 2.19. The van der Waals surface area contributed by atoms with E-state index in [1.807, 2.05) is 36.4 Å². The second-order valence-corrected chi connectivity index (χ2v) is 5.96. The van der Waals surface area contributed by atoms with E-state index in [2.05, 4.69) is 5.10 Å². The van der Waals surface area contributed by atoms with Crippen molar-refractivity contribution in [1.29, 1.82) is 0 Å². The summed E-state index contributed by atoms with van der Waals surface area (Å²) in [6.45, 7) is -0.358. The van der Waals surface area contributed by atoms with Gasteiger partial charge in [-0.15, -0.1) is 0 Å². The molecule has 0 amide bonds. The van der Waals surface area contributed by atoms with Crippen LogP contribution in [-0.4, -0.2) is 45.3 Å². The summed E-state index contributed by atoms with van der Waals surface area (Å²) in [6, 6.07) is 14.7. The SMILES string of the molecule is O=C(OC[C@@H](O)CO)c1nn(Cc2ccccc2Cl)c2ccccc12. The van der Waals surface area contributed by atoms with Crippen LogP contribution in [0.25, 0.3) is 10.9 Å². The van der Waals surface area contributed by atoms with E-state index in [1.54, 1.807) is 16.8 Å². The fraction of sp³-hybridized carbons (Fsp3) is 0.222. The van der Waals surface area contributed by atoms with Crippen molar-refractivity contribution >= 4 is 28.5 Å². The van der Waals surface area contributed by atoms with E-state index in [0.717, 1.165) is 11.1 Å². The lowest BCUT2D eigenvalue weighted by atomic mass is 10.2. The van der Waals surface area contributed by atoms with E-state index >= 15 is 0 Å². The molecule has 0 saturated heterocycles. The van der Waals surface area contributed by atoms with Crippen molar-refractivity contribution in [3.05, 3.63) is 64.8 Å². The summed E-state index contributed by atoms with van der Waals surface area (Å²) < 4.78 is 6.72. The highest BCUT2D eigenvalue weighted by Crippen LogP contribution is 2.22. The molecule has 0 fully saturated rings. The number of nitrogens with zero attached hydrogens (tertiary/aromatic N) is 2. The lowest BCUT2D eigenvalue weighted by molar-refractivity contribution is 0.00897. The predicted molar refractivity (Wildman–Crippen MR) is 93.7 cm³/mol. The Labute approximate surface area is 149 Å². The molecule has 0 aliphatic rings. The maximum absolute atomic E-state index is 12.3. The van der Waals surface area contributed by atoms with Crippen molar-refractivity contribution in [2.24, 2.45) is 0 Å². The van der Waals surface area contributed by atoms with E-state index in [-0.39, 0.29) is 12.3 Å². The third kappa shape index (κ3) is 3.82. The monoisotopic (exact) mass is 360 g/mol. The van der Waals surface area contributed by atoms with Crippen LogP contribution in [-0.2, 0) is 11.3 Å². The van der Waals surface area contributed by atoms with Crippen LogP contribution in [0, 0.1) is 0 Å². The minimum atomic E-state index is -1.11. The molecule has 2 N–H and O–H groups in total. The van der Waals surface area contributed by atoms with Gasteiger partial charge < -0.3 is 14.9 Å².